The zero-order valence-corrected chi connectivity index (χ0v) is 12.6. The van der Waals surface area contributed by atoms with Crippen molar-refractivity contribution in [2.75, 3.05) is 13.2 Å². The number of hydrogen-bond acceptors (Lipinski definition) is 3. The van der Waals surface area contributed by atoms with Crippen LogP contribution in [0.2, 0.25) is 0 Å². The normalized spacial score (nSPS) is 28.9. The Morgan fingerprint density at radius 2 is 1.70 bits per heavy atom. The Balaban J connectivity index is 1.53. The summed E-state index contributed by atoms with van der Waals surface area (Å²) in [6.07, 6.45) is 9.30. The zero-order chi connectivity index (χ0) is 14.1. The number of hydrogen-bond donors (Lipinski definition) is 1. The van der Waals surface area contributed by atoms with Crippen molar-refractivity contribution in [1.82, 2.24) is 5.32 Å². The molecule has 0 unspecified atom stereocenters. The fourth-order valence-electron chi connectivity index (χ4n) is 4.12. The van der Waals surface area contributed by atoms with E-state index in [4.69, 9.17) is 9.47 Å². The fourth-order valence-corrected chi connectivity index (χ4v) is 4.12. The molecule has 0 aromatic carbocycles. The lowest BCUT2D eigenvalue weighted by Gasteiger charge is -2.37. The van der Waals surface area contributed by atoms with Crippen LogP contribution in [0.15, 0.2) is 0 Å². The first-order valence-corrected chi connectivity index (χ1v) is 8.27. The minimum absolute atomic E-state index is 0.0739. The molecule has 3 rings (SSSR count). The van der Waals surface area contributed by atoms with E-state index in [9.17, 15) is 4.79 Å². The van der Waals surface area contributed by atoms with Crippen LogP contribution < -0.4 is 5.32 Å². The van der Waals surface area contributed by atoms with Gasteiger partial charge in [-0.2, -0.15) is 0 Å². The number of rotatable bonds is 3. The Hall–Kier alpha value is -0.610. The molecule has 1 N–H and O–H groups in total. The van der Waals surface area contributed by atoms with E-state index in [0.717, 1.165) is 58.2 Å². The van der Waals surface area contributed by atoms with Crippen LogP contribution in [0.5, 0.6) is 0 Å². The topological polar surface area (TPSA) is 47.6 Å². The minimum atomic E-state index is -0.322. The first kappa shape index (κ1) is 14.3. The summed E-state index contributed by atoms with van der Waals surface area (Å²) in [6, 6.07) is 0.310. The second kappa shape index (κ2) is 5.64. The van der Waals surface area contributed by atoms with Crippen molar-refractivity contribution >= 4 is 5.91 Å². The summed E-state index contributed by atoms with van der Waals surface area (Å²) in [5.74, 6) is -0.0245. The van der Waals surface area contributed by atoms with Gasteiger partial charge in [-0.1, -0.05) is 19.8 Å². The summed E-state index contributed by atoms with van der Waals surface area (Å²) in [4.78, 5) is 12.6. The second-order valence-corrected chi connectivity index (χ2v) is 6.70. The van der Waals surface area contributed by atoms with Crippen LogP contribution in [0.25, 0.3) is 0 Å². The van der Waals surface area contributed by atoms with Gasteiger partial charge in [0, 0.05) is 24.3 Å². The molecule has 0 aromatic heterocycles. The molecule has 1 amide bonds. The van der Waals surface area contributed by atoms with Gasteiger partial charge >= 0.3 is 0 Å². The molecule has 4 heteroatoms. The standard InChI is InChI=1S/C16H27NO3/c1-2-15(7-3-4-8-15)14(18)17-13-5-9-16(10-6-13)19-11-12-20-16/h13H,2-12H2,1H3,(H,17,18). The summed E-state index contributed by atoms with van der Waals surface area (Å²) >= 11 is 0. The summed E-state index contributed by atoms with van der Waals surface area (Å²) in [7, 11) is 0. The molecule has 2 saturated carbocycles. The lowest BCUT2D eigenvalue weighted by molar-refractivity contribution is -0.180. The van der Waals surface area contributed by atoms with E-state index >= 15 is 0 Å². The van der Waals surface area contributed by atoms with E-state index in [1.807, 2.05) is 0 Å². The summed E-state index contributed by atoms with van der Waals surface area (Å²) in [5.41, 5.74) is -0.0739. The summed E-state index contributed by atoms with van der Waals surface area (Å²) in [6.45, 7) is 3.59. The highest BCUT2D eigenvalue weighted by atomic mass is 16.7. The number of carbonyl (C=O) groups excluding carboxylic acids is 1. The molecular formula is C16H27NO3. The molecule has 3 aliphatic rings. The second-order valence-electron chi connectivity index (χ2n) is 6.70. The van der Waals surface area contributed by atoms with E-state index in [1.165, 1.54) is 12.8 Å². The summed E-state index contributed by atoms with van der Waals surface area (Å²) < 4.78 is 11.5. The van der Waals surface area contributed by atoms with E-state index in [2.05, 4.69) is 12.2 Å². The maximum absolute atomic E-state index is 12.6. The van der Waals surface area contributed by atoms with Gasteiger partial charge in [-0.05, 0) is 32.1 Å². The van der Waals surface area contributed by atoms with Crippen LogP contribution in [0.4, 0.5) is 0 Å². The maximum atomic E-state index is 12.6. The predicted molar refractivity (Wildman–Crippen MR) is 76.2 cm³/mol. The molecular weight excluding hydrogens is 254 g/mol. The summed E-state index contributed by atoms with van der Waals surface area (Å²) in [5, 5.41) is 3.31. The van der Waals surface area contributed by atoms with Crippen LogP contribution in [-0.2, 0) is 14.3 Å². The van der Waals surface area contributed by atoms with Crippen molar-refractivity contribution in [3.8, 4) is 0 Å². The lowest BCUT2D eigenvalue weighted by atomic mass is 9.81. The first-order chi connectivity index (χ1) is 9.68. The molecule has 20 heavy (non-hydrogen) atoms. The van der Waals surface area contributed by atoms with E-state index < -0.39 is 0 Å². The van der Waals surface area contributed by atoms with Gasteiger partial charge in [-0.3, -0.25) is 4.79 Å². The van der Waals surface area contributed by atoms with Gasteiger partial charge < -0.3 is 14.8 Å². The minimum Gasteiger partial charge on any atom is -0.353 e. The highest BCUT2D eigenvalue weighted by Gasteiger charge is 2.43. The maximum Gasteiger partial charge on any atom is 0.226 e. The van der Waals surface area contributed by atoms with Crippen molar-refractivity contribution in [3.63, 3.8) is 0 Å². The van der Waals surface area contributed by atoms with Crippen molar-refractivity contribution in [2.45, 2.75) is 76.5 Å². The smallest absolute Gasteiger partial charge is 0.226 e. The van der Waals surface area contributed by atoms with Gasteiger partial charge in [0.15, 0.2) is 5.79 Å². The Morgan fingerprint density at radius 3 is 2.25 bits per heavy atom. The monoisotopic (exact) mass is 281 g/mol. The molecule has 4 nitrogen and oxygen atoms in total. The van der Waals surface area contributed by atoms with Crippen LogP contribution in [0.3, 0.4) is 0 Å². The molecule has 1 saturated heterocycles. The van der Waals surface area contributed by atoms with E-state index in [0.29, 0.717) is 11.9 Å². The molecule has 2 aliphatic carbocycles. The molecule has 114 valence electrons. The lowest BCUT2D eigenvalue weighted by Crippen LogP contribution is -2.48. The van der Waals surface area contributed by atoms with Crippen LogP contribution >= 0.6 is 0 Å². The predicted octanol–water partition coefficient (Wildman–Crippen LogP) is 2.76. The average molecular weight is 281 g/mol. The Bertz CT molecular complexity index is 347. The Kier molecular flexibility index (Phi) is 4.04. The zero-order valence-electron chi connectivity index (χ0n) is 12.6. The van der Waals surface area contributed by atoms with Crippen molar-refractivity contribution in [1.29, 1.82) is 0 Å². The van der Waals surface area contributed by atoms with Crippen molar-refractivity contribution in [2.24, 2.45) is 5.41 Å². The molecule has 1 spiro atoms. The van der Waals surface area contributed by atoms with Gasteiger partial charge in [0.1, 0.15) is 0 Å². The molecule has 0 bridgehead atoms. The third kappa shape index (κ3) is 2.60. The quantitative estimate of drug-likeness (QED) is 0.865. The van der Waals surface area contributed by atoms with Gasteiger partial charge in [0.2, 0.25) is 5.91 Å². The Labute approximate surface area is 121 Å². The Morgan fingerprint density at radius 1 is 1.10 bits per heavy atom. The number of nitrogens with one attached hydrogen (secondary N) is 1. The average Bonchev–Trinajstić information content (AvgIpc) is 3.12. The van der Waals surface area contributed by atoms with Crippen LogP contribution in [0, 0.1) is 5.41 Å². The number of ether oxygens (including phenoxy) is 2. The SMILES string of the molecule is CCC1(C(=O)NC2CCC3(CC2)OCCO3)CCCC1. The fraction of sp³-hybridized carbons (Fsp3) is 0.938. The van der Waals surface area contributed by atoms with Crippen LogP contribution in [0.1, 0.15) is 64.7 Å². The number of carbonyl (C=O) groups is 1. The largest absolute Gasteiger partial charge is 0.353 e. The number of amides is 1. The van der Waals surface area contributed by atoms with Gasteiger partial charge in [-0.15, -0.1) is 0 Å². The third-order valence-corrected chi connectivity index (χ3v) is 5.62. The first-order valence-electron chi connectivity index (χ1n) is 8.27. The van der Waals surface area contributed by atoms with Gasteiger partial charge in [0.05, 0.1) is 13.2 Å². The van der Waals surface area contributed by atoms with Crippen molar-refractivity contribution in [3.05, 3.63) is 0 Å². The molecule has 0 radical (unpaired) electrons. The molecule has 1 heterocycles. The molecule has 0 aromatic rings. The molecule has 3 fully saturated rings. The molecule has 1 aliphatic heterocycles. The van der Waals surface area contributed by atoms with Gasteiger partial charge in [-0.25, -0.2) is 0 Å². The third-order valence-electron chi connectivity index (χ3n) is 5.62. The highest BCUT2D eigenvalue weighted by Crippen LogP contribution is 2.42. The van der Waals surface area contributed by atoms with E-state index in [-0.39, 0.29) is 11.2 Å². The highest BCUT2D eigenvalue weighted by molar-refractivity contribution is 5.83. The van der Waals surface area contributed by atoms with E-state index in [1.54, 1.807) is 0 Å². The van der Waals surface area contributed by atoms with Gasteiger partial charge in [0.25, 0.3) is 0 Å². The van der Waals surface area contributed by atoms with Crippen molar-refractivity contribution < 1.29 is 14.3 Å². The molecule has 0 atom stereocenters. The van der Waals surface area contributed by atoms with Crippen LogP contribution in [-0.4, -0.2) is 30.9 Å².